The zero-order valence-corrected chi connectivity index (χ0v) is 15.9. The van der Waals surface area contributed by atoms with Gasteiger partial charge in [0.15, 0.2) is 0 Å². The minimum absolute atomic E-state index is 0.152. The van der Waals surface area contributed by atoms with Crippen LogP contribution >= 0.6 is 0 Å². The predicted octanol–water partition coefficient (Wildman–Crippen LogP) is 2.44. The summed E-state index contributed by atoms with van der Waals surface area (Å²) < 4.78 is 19.1. The molecule has 0 bridgehead atoms. The van der Waals surface area contributed by atoms with Crippen molar-refractivity contribution in [1.82, 2.24) is 4.90 Å². The smallest absolute Gasteiger partial charge is 0.250 e. The van der Waals surface area contributed by atoms with Crippen LogP contribution in [-0.4, -0.2) is 56.1 Å². The third-order valence-electron chi connectivity index (χ3n) is 4.62. The number of halogens is 1. The molecule has 0 unspecified atom stereocenters. The molecule has 148 valence electrons. The van der Waals surface area contributed by atoms with E-state index < -0.39 is 0 Å². The Bertz CT molecular complexity index is 818. The first-order valence-electron chi connectivity index (χ1n) is 9.24. The third-order valence-corrected chi connectivity index (χ3v) is 4.62. The summed E-state index contributed by atoms with van der Waals surface area (Å²) in [4.78, 5) is 27.7. The third kappa shape index (κ3) is 5.29. The van der Waals surface area contributed by atoms with Crippen molar-refractivity contribution in [1.29, 1.82) is 0 Å². The van der Waals surface area contributed by atoms with Crippen LogP contribution in [0.3, 0.4) is 0 Å². The van der Waals surface area contributed by atoms with E-state index in [0.717, 1.165) is 5.56 Å². The van der Waals surface area contributed by atoms with E-state index in [1.54, 1.807) is 23.1 Å². The molecule has 0 atom stereocenters. The number of carbonyl (C=O) groups excluding carboxylic acids is 2. The first kappa shape index (κ1) is 19.8. The highest BCUT2D eigenvalue weighted by Crippen LogP contribution is 2.20. The fourth-order valence-electron chi connectivity index (χ4n) is 3.06. The monoisotopic (exact) mass is 385 g/mol. The van der Waals surface area contributed by atoms with Gasteiger partial charge in [0.1, 0.15) is 19.0 Å². The summed E-state index contributed by atoms with van der Waals surface area (Å²) in [6.07, 6.45) is 0. The van der Waals surface area contributed by atoms with E-state index >= 15 is 0 Å². The minimum atomic E-state index is -0.305. The number of piperazine rings is 1. The fourth-order valence-corrected chi connectivity index (χ4v) is 3.06. The number of para-hydroxylation sites is 1. The van der Waals surface area contributed by atoms with Gasteiger partial charge in [-0.2, -0.15) is 0 Å². The van der Waals surface area contributed by atoms with E-state index in [2.05, 4.69) is 5.32 Å². The van der Waals surface area contributed by atoms with Crippen molar-refractivity contribution in [3.63, 3.8) is 0 Å². The fraction of sp³-hybridized carbons (Fsp3) is 0.333. The first-order chi connectivity index (χ1) is 13.5. The van der Waals surface area contributed by atoms with Crippen LogP contribution in [0.15, 0.2) is 48.5 Å². The van der Waals surface area contributed by atoms with Crippen LogP contribution in [0.5, 0.6) is 0 Å². The molecular formula is C21H24FN3O3. The zero-order valence-electron chi connectivity index (χ0n) is 15.9. The molecule has 0 aliphatic carbocycles. The summed E-state index contributed by atoms with van der Waals surface area (Å²) in [6.45, 7) is 3.73. The molecule has 1 aliphatic rings. The molecule has 2 aromatic carbocycles. The van der Waals surface area contributed by atoms with E-state index in [0.29, 0.717) is 37.6 Å². The average Bonchev–Trinajstić information content (AvgIpc) is 2.70. The van der Waals surface area contributed by atoms with Crippen LogP contribution in [0.2, 0.25) is 0 Å². The lowest BCUT2D eigenvalue weighted by Crippen LogP contribution is -2.50. The Morgan fingerprint density at radius 3 is 2.36 bits per heavy atom. The number of ether oxygens (including phenoxy) is 1. The van der Waals surface area contributed by atoms with Crippen molar-refractivity contribution < 1.29 is 18.7 Å². The van der Waals surface area contributed by atoms with Gasteiger partial charge < -0.3 is 19.9 Å². The van der Waals surface area contributed by atoms with Crippen LogP contribution < -0.4 is 10.2 Å². The molecule has 1 aliphatic heterocycles. The number of carbonyl (C=O) groups is 2. The molecule has 1 fully saturated rings. The van der Waals surface area contributed by atoms with Gasteiger partial charge in [-0.3, -0.25) is 9.59 Å². The van der Waals surface area contributed by atoms with Crippen molar-refractivity contribution in [2.24, 2.45) is 0 Å². The van der Waals surface area contributed by atoms with Crippen molar-refractivity contribution in [3.8, 4) is 0 Å². The van der Waals surface area contributed by atoms with Crippen LogP contribution in [0, 0.1) is 12.7 Å². The van der Waals surface area contributed by atoms with Gasteiger partial charge in [0.05, 0.1) is 5.69 Å². The number of benzene rings is 2. The first-order valence-corrected chi connectivity index (χ1v) is 9.24. The molecule has 1 heterocycles. The Morgan fingerprint density at radius 1 is 1.00 bits per heavy atom. The number of anilines is 2. The predicted molar refractivity (Wildman–Crippen MR) is 106 cm³/mol. The molecule has 3 rings (SSSR count). The van der Waals surface area contributed by atoms with E-state index in [1.807, 2.05) is 36.1 Å². The Balaban J connectivity index is 1.38. The molecule has 28 heavy (non-hydrogen) atoms. The highest BCUT2D eigenvalue weighted by molar-refractivity contribution is 5.91. The highest BCUT2D eigenvalue weighted by Gasteiger charge is 2.22. The maximum Gasteiger partial charge on any atom is 0.250 e. The summed E-state index contributed by atoms with van der Waals surface area (Å²) in [7, 11) is 0. The van der Waals surface area contributed by atoms with Gasteiger partial charge in [0, 0.05) is 31.9 Å². The largest absolute Gasteiger partial charge is 0.366 e. The summed E-state index contributed by atoms with van der Waals surface area (Å²) in [5.74, 6) is -0.734. The lowest BCUT2D eigenvalue weighted by atomic mass is 10.2. The molecule has 1 N–H and O–H groups in total. The van der Waals surface area contributed by atoms with E-state index in [-0.39, 0.29) is 30.8 Å². The van der Waals surface area contributed by atoms with Gasteiger partial charge in [-0.05, 0) is 31.2 Å². The van der Waals surface area contributed by atoms with Crippen molar-refractivity contribution in [2.45, 2.75) is 6.92 Å². The number of hydrogen-bond acceptors (Lipinski definition) is 4. The molecule has 1 saturated heterocycles. The van der Waals surface area contributed by atoms with Crippen LogP contribution in [0.4, 0.5) is 15.8 Å². The molecule has 2 amide bonds. The Labute approximate surface area is 163 Å². The number of aryl methyl sites for hydroxylation is 1. The second-order valence-electron chi connectivity index (χ2n) is 6.73. The van der Waals surface area contributed by atoms with Gasteiger partial charge in [-0.25, -0.2) is 4.39 Å². The van der Waals surface area contributed by atoms with Crippen LogP contribution in [0.25, 0.3) is 0 Å². The normalized spacial score (nSPS) is 14.1. The number of amides is 2. The van der Waals surface area contributed by atoms with Crippen LogP contribution in [0.1, 0.15) is 5.56 Å². The van der Waals surface area contributed by atoms with E-state index in [9.17, 15) is 14.0 Å². The molecule has 0 saturated carbocycles. The maximum absolute atomic E-state index is 13.9. The molecule has 7 heteroatoms. The highest BCUT2D eigenvalue weighted by atomic mass is 19.1. The maximum atomic E-state index is 13.9. The van der Waals surface area contributed by atoms with E-state index in [1.165, 1.54) is 6.07 Å². The minimum Gasteiger partial charge on any atom is -0.366 e. The summed E-state index contributed by atoms with van der Waals surface area (Å²) in [6, 6.07) is 14.1. The standard InChI is InChI=1S/C21H24FN3O3/c1-16-6-8-17(9-7-16)23-20(26)14-28-15-21(27)25-12-10-24(11-13-25)19-5-3-2-4-18(19)22/h2-9H,10-15H2,1H3,(H,23,26). The lowest BCUT2D eigenvalue weighted by molar-refractivity contribution is -0.137. The van der Waals surface area contributed by atoms with Crippen molar-refractivity contribution >= 4 is 23.2 Å². The Hall–Kier alpha value is -2.93. The van der Waals surface area contributed by atoms with Gasteiger partial charge in [-0.15, -0.1) is 0 Å². The molecule has 0 radical (unpaired) electrons. The lowest BCUT2D eigenvalue weighted by Gasteiger charge is -2.36. The van der Waals surface area contributed by atoms with Crippen molar-refractivity contribution in [2.75, 3.05) is 49.6 Å². The average molecular weight is 385 g/mol. The van der Waals surface area contributed by atoms with Gasteiger partial charge in [0.25, 0.3) is 0 Å². The number of nitrogens with zero attached hydrogens (tertiary/aromatic N) is 2. The molecule has 0 aromatic heterocycles. The molecule has 0 spiro atoms. The molecular weight excluding hydrogens is 361 g/mol. The number of rotatable bonds is 6. The van der Waals surface area contributed by atoms with Gasteiger partial charge in [-0.1, -0.05) is 29.8 Å². The number of nitrogens with one attached hydrogen (secondary N) is 1. The van der Waals surface area contributed by atoms with Crippen LogP contribution in [-0.2, 0) is 14.3 Å². The molecule has 6 nitrogen and oxygen atoms in total. The quantitative estimate of drug-likeness (QED) is 0.830. The van der Waals surface area contributed by atoms with Gasteiger partial charge >= 0.3 is 0 Å². The SMILES string of the molecule is Cc1ccc(NC(=O)COCC(=O)N2CCN(c3ccccc3F)CC2)cc1. The van der Waals surface area contributed by atoms with Gasteiger partial charge in [0.2, 0.25) is 11.8 Å². The summed E-state index contributed by atoms with van der Waals surface area (Å²) in [5.41, 5.74) is 2.35. The van der Waals surface area contributed by atoms with Crippen molar-refractivity contribution in [3.05, 3.63) is 59.9 Å². The summed E-state index contributed by atoms with van der Waals surface area (Å²) in [5, 5.41) is 2.72. The Kier molecular flexibility index (Phi) is 6.60. The zero-order chi connectivity index (χ0) is 19.9. The van der Waals surface area contributed by atoms with E-state index in [4.69, 9.17) is 4.74 Å². The number of hydrogen-bond donors (Lipinski definition) is 1. The molecule has 2 aromatic rings. The summed E-state index contributed by atoms with van der Waals surface area (Å²) >= 11 is 0. The topological polar surface area (TPSA) is 61.9 Å². The second kappa shape index (κ2) is 9.32. The Morgan fingerprint density at radius 2 is 1.68 bits per heavy atom. The second-order valence-corrected chi connectivity index (χ2v) is 6.73.